The molecule has 0 bridgehead atoms. The van der Waals surface area contributed by atoms with Crippen LogP contribution in [-0.2, 0) is 13.1 Å². The van der Waals surface area contributed by atoms with Crippen LogP contribution < -0.4 is 10.6 Å². The summed E-state index contributed by atoms with van der Waals surface area (Å²) in [7, 11) is 1.73. The number of nitrogens with one attached hydrogen (secondary N) is 2. The molecule has 2 aromatic rings. The highest BCUT2D eigenvalue weighted by atomic mass is 127. The van der Waals surface area contributed by atoms with E-state index < -0.39 is 0 Å². The third-order valence-electron chi connectivity index (χ3n) is 4.20. The minimum absolute atomic E-state index is 0. The molecule has 1 atom stereocenters. The summed E-state index contributed by atoms with van der Waals surface area (Å²) in [6.07, 6.45) is 4.01. The van der Waals surface area contributed by atoms with E-state index in [1.165, 1.54) is 6.07 Å². The molecule has 3 rings (SSSR count). The van der Waals surface area contributed by atoms with Crippen LogP contribution in [0.25, 0.3) is 0 Å². The summed E-state index contributed by atoms with van der Waals surface area (Å²) in [6.45, 7) is 3.32. The number of aromatic nitrogens is 3. The maximum Gasteiger partial charge on any atom is 0.191 e. The van der Waals surface area contributed by atoms with Gasteiger partial charge >= 0.3 is 0 Å². The van der Waals surface area contributed by atoms with Crippen molar-refractivity contribution in [3.63, 3.8) is 0 Å². The van der Waals surface area contributed by atoms with Gasteiger partial charge in [-0.05, 0) is 49.8 Å². The number of benzene rings is 1. The topological polar surface area (TPSA) is 67.1 Å². The molecule has 2 N–H and O–H groups in total. The molecule has 0 aliphatic carbocycles. The average Bonchev–Trinajstić information content (AvgIpc) is 2.99. The quantitative estimate of drug-likeness (QED) is 0.298. The zero-order valence-corrected chi connectivity index (χ0v) is 18.3. The molecular formula is C17H24FIN6S. The van der Waals surface area contributed by atoms with E-state index >= 15 is 0 Å². The van der Waals surface area contributed by atoms with Crippen LogP contribution in [0, 0.1) is 12.7 Å². The predicted octanol–water partition coefficient (Wildman–Crippen LogP) is 3.27. The number of thioether (sulfide) groups is 1. The lowest BCUT2D eigenvalue weighted by Gasteiger charge is -2.25. The summed E-state index contributed by atoms with van der Waals surface area (Å²) in [5, 5.41) is 11.1. The third-order valence-corrected chi connectivity index (χ3v) is 5.04. The summed E-state index contributed by atoms with van der Waals surface area (Å²) >= 11 is 1.60. The summed E-state index contributed by atoms with van der Waals surface area (Å²) in [4.78, 5) is 9.88. The van der Waals surface area contributed by atoms with Crippen LogP contribution in [0.1, 0.15) is 36.1 Å². The molecule has 1 aromatic heterocycles. The molecule has 0 amide bonds. The number of aliphatic imine (C=N–C) groups is 1. The first-order valence-corrected chi connectivity index (χ1v) is 9.54. The number of halogens is 2. The van der Waals surface area contributed by atoms with E-state index in [1.807, 2.05) is 17.9 Å². The fourth-order valence-corrected chi connectivity index (χ4v) is 3.63. The van der Waals surface area contributed by atoms with E-state index in [-0.39, 0.29) is 35.8 Å². The molecule has 1 aliphatic heterocycles. The van der Waals surface area contributed by atoms with Gasteiger partial charge in [0.1, 0.15) is 17.5 Å². The van der Waals surface area contributed by atoms with Crippen LogP contribution in [0.3, 0.4) is 0 Å². The van der Waals surface area contributed by atoms with Gasteiger partial charge in [0.15, 0.2) is 5.96 Å². The first-order chi connectivity index (χ1) is 12.1. The number of nitrogens with zero attached hydrogens (tertiary/aromatic N) is 4. The number of guanidine groups is 1. The van der Waals surface area contributed by atoms with Crippen LogP contribution in [-0.4, -0.2) is 34.0 Å². The zero-order chi connectivity index (χ0) is 17.8. The van der Waals surface area contributed by atoms with Crippen molar-refractivity contribution in [1.82, 2.24) is 25.4 Å². The fraction of sp³-hybridized carbons (Fsp3) is 0.471. The fourth-order valence-electron chi connectivity index (χ4n) is 3.03. The summed E-state index contributed by atoms with van der Waals surface area (Å²) in [5.41, 5.74) is 0.915. The Bertz CT molecular complexity index is 779. The molecule has 6 nitrogen and oxygen atoms in total. The van der Waals surface area contributed by atoms with E-state index in [0.29, 0.717) is 12.5 Å². The van der Waals surface area contributed by atoms with Crippen molar-refractivity contribution >= 4 is 41.7 Å². The van der Waals surface area contributed by atoms with Crippen molar-refractivity contribution in [2.24, 2.45) is 4.99 Å². The minimum atomic E-state index is -0.228. The predicted molar refractivity (Wildman–Crippen MR) is 114 cm³/mol. The van der Waals surface area contributed by atoms with E-state index in [4.69, 9.17) is 0 Å². The first-order valence-electron chi connectivity index (χ1n) is 8.31. The molecule has 26 heavy (non-hydrogen) atoms. The number of aryl methyl sites for hydroxylation is 2. The van der Waals surface area contributed by atoms with Crippen LogP contribution in [0.4, 0.5) is 4.39 Å². The Balaban J connectivity index is 0.00000243. The molecule has 0 saturated carbocycles. The first kappa shape index (κ1) is 20.9. The molecule has 0 spiro atoms. The lowest BCUT2D eigenvalue weighted by molar-refractivity contribution is 0.397. The summed E-state index contributed by atoms with van der Waals surface area (Å²) in [5.74, 6) is 2.18. The van der Waals surface area contributed by atoms with Gasteiger partial charge < -0.3 is 10.6 Å². The summed E-state index contributed by atoms with van der Waals surface area (Å²) < 4.78 is 15.5. The van der Waals surface area contributed by atoms with Gasteiger partial charge in [0.25, 0.3) is 0 Å². The molecule has 0 fully saturated rings. The van der Waals surface area contributed by atoms with Crippen LogP contribution in [0.15, 0.2) is 28.1 Å². The van der Waals surface area contributed by atoms with Gasteiger partial charge in [0, 0.05) is 25.0 Å². The summed E-state index contributed by atoms with van der Waals surface area (Å²) in [6, 6.07) is 4.93. The number of fused-ring (bicyclic) bond motifs is 1. The second kappa shape index (κ2) is 9.54. The Morgan fingerprint density at radius 1 is 1.46 bits per heavy atom. The normalized spacial score (nSPS) is 16.6. The Kier molecular flexibility index (Phi) is 7.69. The molecule has 0 radical (unpaired) electrons. The molecule has 1 aliphatic rings. The van der Waals surface area contributed by atoms with Gasteiger partial charge in [-0.3, -0.25) is 4.99 Å². The average molecular weight is 490 g/mol. The number of rotatable bonds is 4. The van der Waals surface area contributed by atoms with Crippen molar-refractivity contribution in [3.8, 4) is 0 Å². The highest BCUT2D eigenvalue weighted by Crippen LogP contribution is 2.23. The second-order valence-corrected chi connectivity index (χ2v) is 6.81. The molecule has 0 saturated heterocycles. The molecule has 142 valence electrons. The minimum Gasteiger partial charge on any atom is -0.352 e. The number of hydrogen-bond donors (Lipinski definition) is 2. The van der Waals surface area contributed by atoms with Crippen LogP contribution >= 0.6 is 35.7 Å². The Morgan fingerprint density at radius 2 is 2.27 bits per heavy atom. The Morgan fingerprint density at radius 3 is 3.00 bits per heavy atom. The third kappa shape index (κ3) is 4.87. The smallest absolute Gasteiger partial charge is 0.191 e. The number of hydrogen-bond acceptors (Lipinski definition) is 4. The van der Waals surface area contributed by atoms with Gasteiger partial charge in [0.2, 0.25) is 0 Å². The van der Waals surface area contributed by atoms with Crippen LogP contribution in [0.2, 0.25) is 0 Å². The monoisotopic (exact) mass is 490 g/mol. The second-order valence-electron chi connectivity index (χ2n) is 5.96. The Labute approximate surface area is 174 Å². The van der Waals surface area contributed by atoms with E-state index in [2.05, 4.69) is 25.7 Å². The molecule has 1 aromatic carbocycles. The standard InChI is InChI=1S/C17H23FN6S.HI/c1-11-21-16-14(5-4-8-24(16)23-11)22-17(19-2)20-10-12-9-13(18)6-7-15(12)25-3;/h6-7,9,14H,4-5,8,10H2,1-3H3,(H2,19,20,22);1H. The maximum absolute atomic E-state index is 13.5. The molecule has 9 heteroatoms. The highest BCUT2D eigenvalue weighted by molar-refractivity contribution is 14.0. The van der Waals surface area contributed by atoms with E-state index in [9.17, 15) is 4.39 Å². The Hall–Kier alpha value is -1.36. The van der Waals surface area contributed by atoms with Gasteiger partial charge in [-0.2, -0.15) is 5.10 Å². The SMILES string of the molecule is CN=C(NCc1cc(F)ccc1SC)NC1CCCn2nc(C)nc21.I. The van der Waals surface area contributed by atoms with Gasteiger partial charge in [-0.1, -0.05) is 0 Å². The van der Waals surface area contributed by atoms with Crippen molar-refractivity contribution in [3.05, 3.63) is 41.2 Å². The van der Waals surface area contributed by atoms with Crippen molar-refractivity contribution in [1.29, 1.82) is 0 Å². The maximum atomic E-state index is 13.5. The van der Waals surface area contributed by atoms with E-state index in [0.717, 1.165) is 41.5 Å². The van der Waals surface area contributed by atoms with Crippen molar-refractivity contribution in [2.75, 3.05) is 13.3 Å². The lowest BCUT2D eigenvalue weighted by Crippen LogP contribution is -2.41. The van der Waals surface area contributed by atoms with Crippen LogP contribution in [0.5, 0.6) is 0 Å². The van der Waals surface area contributed by atoms with Gasteiger partial charge in [-0.15, -0.1) is 35.7 Å². The molecule has 1 unspecified atom stereocenters. The highest BCUT2D eigenvalue weighted by Gasteiger charge is 2.24. The van der Waals surface area contributed by atoms with Gasteiger partial charge in [0.05, 0.1) is 6.04 Å². The van der Waals surface area contributed by atoms with Crippen molar-refractivity contribution < 1.29 is 4.39 Å². The lowest BCUT2D eigenvalue weighted by atomic mass is 10.1. The van der Waals surface area contributed by atoms with Crippen molar-refractivity contribution in [2.45, 2.75) is 43.8 Å². The molecular weight excluding hydrogens is 466 g/mol. The largest absolute Gasteiger partial charge is 0.352 e. The zero-order valence-electron chi connectivity index (χ0n) is 15.1. The van der Waals surface area contributed by atoms with Gasteiger partial charge in [-0.25, -0.2) is 14.1 Å². The molecule has 2 heterocycles. The van der Waals surface area contributed by atoms with E-state index in [1.54, 1.807) is 30.9 Å².